The molecule has 4 aliphatic rings. The predicted octanol–water partition coefficient (Wildman–Crippen LogP) is 5.87. The summed E-state index contributed by atoms with van der Waals surface area (Å²) < 4.78 is 0. The van der Waals surface area contributed by atoms with Crippen LogP contribution in [0.15, 0.2) is 11.6 Å². The van der Waals surface area contributed by atoms with E-state index in [0.717, 1.165) is 55.8 Å². The van der Waals surface area contributed by atoms with Crippen LogP contribution in [0.4, 0.5) is 0 Å². The maximum Gasteiger partial charge on any atom is 0.0657 e. The van der Waals surface area contributed by atoms with Crippen LogP contribution in [0.25, 0.3) is 0 Å². The zero-order valence-electron chi connectivity index (χ0n) is 20.8. The molecule has 3 N–H and O–H groups in total. The molecule has 0 amide bonds. The van der Waals surface area contributed by atoms with E-state index in [-0.39, 0.29) is 6.61 Å². The van der Waals surface area contributed by atoms with Gasteiger partial charge in [0.1, 0.15) is 0 Å². The molecule has 3 fully saturated rings. The van der Waals surface area contributed by atoms with E-state index >= 15 is 0 Å². The van der Waals surface area contributed by atoms with Gasteiger partial charge in [0, 0.05) is 6.61 Å². The highest BCUT2D eigenvalue weighted by molar-refractivity contribution is 5.26. The van der Waals surface area contributed by atoms with Gasteiger partial charge in [-0.3, -0.25) is 0 Å². The number of fused-ring (bicyclic) bond motifs is 5. The summed E-state index contributed by atoms with van der Waals surface area (Å²) in [7, 11) is 0. The summed E-state index contributed by atoms with van der Waals surface area (Å²) in [5.41, 5.74) is 1.06. The first-order valence-corrected chi connectivity index (χ1v) is 13.2. The Balaban J connectivity index is 1.48. The molecule has 3 saturated carbocycles. The molecule has 0 bridgehead atoms. The number of hydrogen-bond acceptors (Lipinski definition) is 3. The molecule has 2 unspecified atom stereocenters. The van der Waals surface area contributed by atoms with Crippen LogP contribution in [0.3, 0.4) is 0 Å². The molecule has 3 heteroatoms. The van der Waals surface area contributed by atoms with Crippen molar-refractivity contribution in [2.45, 2.75) is 116 Å². The minimum Gasteiger partial charge on any atom is -0.396 e. The third-order valence-corrected chi connectivity index (χ3v) is 10.9. The van der Waals surface area contributed by atoms with Gasteiger partial charge in [-0.25, -0.2) is 0 Å². The van der Waals surface area contributed by atoms with Crippen molar-refractivity contribution in [1.82, 2.24) is 0 Å². The Morgan fingerprint density at radius 3 is 2.52 bits per heavy atom. The highest BCUT2D eigenvalue weighted by atomic mass is 16.3. The fraction of sp³-hybridized carbons (Fsp3) is 0.929. The van der Waals surface area contributed by atoms with Gasteiger partial charge in [-0.05, 0) is 125 Å². The van der Waals surface area contributed by atoms with Gasteiger partial charge in [-0.1, -0.05) is 32.4 Å². The van der Waals surface area contributed by atoms with E-state index in [2.05, 4.69) is 26.8 Å². The molecule has 0 radical (unpaired) electrons. The molecule has 0 aromatic carbocycles. The molecule has 3 nitrogen and oxygen atoms in total. The molecule has 4 rings (SSSR count). The molecule has 0 aromatic rings. The lowest BCUT2D eigenvalue weighted by Crippen LogP contribution is -2.52. The zero-order valence-corrected chi connectivity index (χ0v) is 20.8. The van der Waals surface area contributed by atoms with E-state index in [1.807, 2.05) is 13.8 Å². The molecule has 9 atom stereocenters. The highest BCUT2D eigenvalue weighted by Gasteiger charge is 2.59. The molecule has 0 aliphatic heterocycles. The Morgan fingerprint density at radius 1 is 1.06 bits per heavy atom. The maximum atomic E-state index is 10.7. The molecule has 4 aliphatic carbocycles. The van der Waals surface area contributed by atoms with Crippen molar-refractivity contribution in [3.8, 4) is 0 Å². The summed E-state index contributed by atoms with van der Waals surface area (Å²) in [6, 6.07) is 0. The second kappa shape index (κ2) is 8.13. The van der Waals surface area contributed by atoms with Gasteiger partial charge in [0.2, 0.25) is 0 Å². The van der Waals surface area contributed by atoms with E-state index < -0.39 is 11.2 Å². The SMILES string of the molecule is C[C@H](CCC(C)(O)CCO)C1CC[C@H]2[C@@H]3CC=C4C[C@@](C)(O)CC[C@]4(C)[C@H]3CC[C@]12C. The zero-order chi connectivity index (χ0) is 22.7. The fourth-order valence-electron chi connectivity index (χ4n) is 8.89. The van der Waals surface area contributed by atoms with Crippen LogP contribution in [0.1, 0.15) is 105 Å². The summed E-state index contributed by atoms with van der Waals surface area (Å²) in [6.45, 7) is 11.5. The van der Waals surface area contributed by atoms with Crippen molar-refractivity contribution in [2.75, 3.05) is 6.61 Å². The third-order valence-electron chi connectivity index (χ3n) is 10.9. The van der Waals surface area contributed by atoms with Crippen molar-refractivity contribution in [3.05, 3.63) is 11.6 Å². The van der Waals surface area contributed by atoms with Crippen LogP contribution < -0.4 is 0 Å². The summed E-state index contributed by atoms with van der Waals surface area (Å²) in [6.07, 6.45) is 14.5. The number of allylic oxidation sites excluding steroid dienone is 1. The largest absolute Gasteiger partial charge is 0.396 e. The van der Waals surface area contributed by atoms with Gasteiger partial charge >= 0.3 is 0 Å². The number of aliphatic hydroxyl groups excluding tert-OH is 1. The van der Waals surface area contributed by atoms with Crippen LogP contribution in [0, 0.1) is 40.4 Å². The first-order chi connectivity index (χ1) is 14.4. The summed E-state index contributed by atoms with van der Waals surface area (Å²) in [4.78, 5) is 0. The molecule has 31 heavy (non-hydrogen) atoms. The predicted molar refractivity (Wildman–Crippen MR) is 127 cm³/mol. The van der Waals surface area contributed by atoms with E-state index in [4.69, 9.17) is 0 Å². The van der Waals surface area contributed by atoms with Crippen molar-refractivity contribution in [3.63, 3.8) is 0 Å². The quantitative estimate of drug-likeness (QED) is 0.460. The maximum absolute atomic E-state index is 10.7. The molecule has 0 aromatic heterocycles. The van der Waals surface area contributed by atoms with Crippen LogP contribution in [0.2, 0.25) is 0 Å². The summed E-state index contributed by atoms with van der Waals surface area (Å²) in [5.74, 6) is 3.82. The van der Waals surface area contributed by atoms with Gasteiger partial charge < -0.3 is 15.3 Å². The van der Waals surface area contributed by atoms with Crippen LogP contribution in [-0.4, -0.2) is 33.1 Å². The summed E-state index contributed by atoms with van der Waals surface area (Å²) in [5, 5.41) is 30.5. The third kappa shape index (κ3) is 4.17. The number of aliphatic hydroxyl groups is 3. The summed E-state index contributed by atoms with van der Waals surface area (Å²) >= 11 is 0. The fourth-order valence-corrected chi connectivity index (χ4v) is 8.89. The molecule has 0 spiro atoms. The van der Waals surface area contributed by atoms with Gasteiger partial charge in [-0.15, -0.1) is 0 Å². The molecule has 178 valence electrons. The van der Waals surface area contributed by atoms with Crippen LogP contribution in [0.5, 0.6) is 0 Å². The highest BCUT2D eigenvalue weighted by Crippen LogP contribution is 2.67. The smallest absolute Gasteiger partial charge is 0.0657 e. The van der Waals surface area contributed by atoms with Crippen molar-refractivity contribution < 1.29 is 15.3 Å². The normalized spacial score (nSPS) is 47.5. The average molecular weight is 433 g/mol. The first kappa shape index (κ1) is 23.8. The first-order valence-electron chi connectivity index (χ1n) is 13.2. The Morgan fingerprint density at radius 2 is 1.81 bits per heavy atom. The standard InChI is InChI=1S/C28H48O3/c1-19(10-12-25(2,30)16-17-29)22-8-9-23-21-7-6-20-18-26(3,31)14-15-27(20,4)24(21)11-13-28(22,23)5/h6,19,21-24,29-31H,7-18H2,1-5H3/t19-,21+,22?,23+,24+,25?,26+,27+,28-/m1/s1. The van der Waals surface area contributed by atoms with Crippen molar-refractivity contribution in [2.24, 2.45) is 40.4 Å². The number of rotatable bonds is 6. The van der Waals surface area contributed by atoms with Gasteiger partial charge in [0.15, 0.2) is 0 Å². The Labute approximate surface area is 190 Å². The lowest BCUT2D eigenvalue weighted by Gasteiger charge is -2.59. The molecule has 0 heterocycles. The van der Waals surface area contributed by atoms with Gasteiger partial charge in [0.25, 0.3) is 0 Å². The van der Waals surface area contributed by atoms with E-state index in [1.165, 1.54) is 32.1 Å². The van der Waals surface area contributed by atoms with E-state index in [1.54, 1.807) is 5.57 Å². The minimum absolute atomic E-state index is 0.0668. The number of hydrogen-bond donors (Lipinski definition) is 3. The molecular formula is C28H48O3. The second-order valence-corrected chi connectivity index (χ2v) is 13.1. The van der Waals surface area contributed by atoms with E-state index in [9.17, 15) is 15.3 Å². The lowest BCUT2D eigenvalue weighted by atomic mass is 9.46. The Bertz CT molecular complexity index is 694. The minimum atomic E-state index is -0.735. The topological polar surface area (TPSA) is 60.7 Å². The van der Waals surface area contributed by atoms with Gasteiger partial charge in [0.05, 0.1) is 11.2 Å². The van der Waals surface area contributed by atoms with Crippen LogP contribution in [-0.2, 0) is 0 Å². The Hall–Kier alpha value is -0.380. The lowest BCUT2D eigenvalue weighted by molar-refractivity contribution is -0.0716. The monoisotopic (exact) mass is 432 g/mol. The van der Waals surface area contributed by atoms with Crippen LogP contribution >= 0.6 is 0 Å². The van der Waals surface area contributed by atoms with E-state index in [0.29, 0.717) is 23.2 Å². The van der Waals surface area contributed by atoms with Crippen molar-refractivity contribution in [1.29, 1.82) is 0 Å². The molecular weight excluding hydrogens is 384 g/mol. The van der Waals surface area contributed by atoms with Gasteiger partial charge in [-0.2, -0.15) is 0 Å². The second-order valence-electron chi connectivity index (χ2n) is 13.1. The Kier molecular flexibility index (Phi) is 6.24. The molecule has 0 saturated heterocycles. The van der Waals surface area contributed by atoms with Crippen molar-refractivity contribution >= 4 is 0 Å². The average Bonchev–Trinajstić information content (AvgIpc) is 3.04.